The van der Waals surface area contributed by atoms with Crippen LogP contribution in [0.25, 0.3) is 0 Å². The van der Waals surface area contributed by atoms with Crippen LogP contribution in [0.2, 0.25) is 0 Å². The van der Waals surface area contributed by atoms with Crippen LogP contribution in [0.5, 0.6) is 0 Å². The molecule has 162 valence electrons. The Morgan fingerprint density at radius 3 is 2.73 bits per heavy atom. The number of carbonyl (C=O) groups is 1. The molecule has 0 unspecified atom stereocenters. The second kappa shape index (κ2) is 10.4. The van der Waals surface area contributed by atoms with Crippen LogP contribution in [0, 0.1) is 0 Å². The predicted molar refractivity (Wildman–Crippen MR) is 115 cm³/mol. The van der Waals surface area contributed by atoms with Crippen LogP contribution in [-0.4, -0.2) is 64.2 Å². The number of hydrogen-bond donors (Lipinski definition) is 2. The summed E-state index contributed by atoms with van der Waals surface area (Å²) in [6.07, 6.45) is 3.05. The molecule has 2 heterocycles. The molecule has 30 heavy (non-hydrogen) atoms. The van der Waals surface area contributed by atoms with Crippen LogP contribution < -0.4 is 10.6 Å². The first-order valence-corrected chi connectivity index (χ1v) is 11.7. The van der Waals surface area contributed by atoms with Crippen molar-refractivity contribution in [1.29, 1.82) is 0 Å². The highest BCUT2D eigenvalue weighted by Crippen LogP contribution is 2.10. The molecule has 0 radical (unpaired) electrons. The van der Waals surface area contributed by atoms with Gasteiger partial charge in [0, 0.05) is 32.1 Å². The van der Waals surface area contributed by atoms with Crippen molar-refractivity contribution in [2.24, 2.45) is 4.99 Å². The van der Waals surface area contributed by atoms with Gasteiger partial charge in [-0.25, -0.2) is 8.42 Å². The second-order valence-corrected chi connectivity index (χ2v) is 9.13. The van der Waals surface area contributed by atoms with Gasteiger partial charge in [0.15, 0.2) is 0 Å². The average Bonchev–Trinajstić information content (AvgIpc) is 3.46. The fourth-order valence-electron chi connectivity index (χ4n) is 3.12. The molecule has 0 bridgehead atoms. The summed E-state index contributed by atoms with van der Waals surface area (Å²) in [6, 6.07) is 11.2. The van der Waals surface area contributed by atoms with E-state index in [1.54, 1.807) is 11.9 Å². The van der Waals surface area contributed by atoms with Gasteiger partial charge in [-0.1, -0.05) is 24.3 Å². The van der Waals surface area contributed by atoms with Gasteiger partial charge in [-0.2, -0.15) is 0 Å². The molecule has 1 aromatic carbocycles. The van der Waals surface area contributed by atoms with Gasteiger partial charge in [0.1, 0.15) is 11.7 Å². The first kappa shape index (κ1) is 22.0. The lowest BCUT2D eigenvalue weighted by atomic mass is 10.1. The quantitative estimate of drug-likeness (QED) is 0.521. The van der Waals surface area contributed by atoms with E-state index in [1.807, 2.05) is 0 Å². The number of carbonyl (C=O) groups excluding carboxylic acids is 1. The Kier molecular flexibility index (Phi) is 7.64. The summed E-state index contributed by atoms with van der Waals surface area (Å²) in [6.45, 7) is 2.79. The van der Waals surface area contributed by atoms with Crippen LogP contribution in [0.1, 0.15) is 24.0 Å². The maximum absolute atomic E-state index is 12.3. The van der Waals surface area contributed by atoms with E-state index in [4.69, 9.17) is 4.42 Å². The van der Waals surface area contributed by atoms with E-state index in [2.05, 4.69) is 39.9 Å². The Labute approximate surface area is 177 Å². The molecule has 2 aromatic rings. The van der Waals surface area contributed by atoms with Gasteiger partial charge in [0.25, 0.3) is 0 Å². The van der Waals surface area contributed by atoms with E-state index >= 15 is 0 Å². The van der Waals surface area contributed by atoms with Crippen LogP contribution >= 0.6 is 0 Å². The van der Waals surface area contributed by atoms with Crippen molar-refractivity contribution in [3.63, 3.8) is 0 Å². The van der Waals surface area contributed by atoms with Gasteiger partial charge >= 0.3 is 0 Å². The number of nitrogens with zero attached hydrogens (tertiary/aromatic N) is 2. The number of furan rings is 1. The summed E-state index contributed by atoms with van der Waals surface area (Å²) in [5.41, 5.74) is 2.25. The molecule has 3 rings (SSSR count). The minimum Gasteiger partial charge on any atom is -0.453 e. The highest BCUT2D eigenvalue weighted by Gasteiger charge is 2.16. The smallest absolute Gasteiger partial charge is 0.224 e. The van der Waals surface area contributed by atoms with Crippen molar-refractivity contribution in [2.45, 2.75) is 24.4 Å². The third-order valence-corrected chi connectivity index (χ3v) is 6.33. The molecule has 9 heteroatoms. The van der Waals surface area contributed by atoms with Gasteiger partial charge in [0.05, 0.1) is 12.8 Å². The van der Waals surface area contributed by atoms with Crippen LogP contribution in [0.4, 0.5) is 0 Å². The molecule has 1 aliphatic heterocycles. The molecule has 1 aliphatic rings. The maximum atomic E-state index is 12.3. The predicted octanol–water partition coefficient (Wildman–Crippen LogP) is 1.43. The van der Waals surface area contributed by atoms with E-state index < -0.39 is 9.84 Å². The largest absolute Gasteiger partial charge is 0.453 e. The highest BCUT2D eigenvalue weighted by molar-refractivity contribution is 7.91. The van der Waals surface area contributed by atoms with Crippen LogP contribution in [0.15, 0.2) is 57.2 Å². The maximum Gasteiger partial charge on any atom is 0.224 e. The van der Waals surface area contributed by atoms with Crippen molar-refractivity contribution >= 4 is 21.6 Å². The van der Waals surface area contributed by atoms with Crippen molar-refractivity contribution in [1.82, 2.24) is 15.5 Å². The number of amidine groups is 1. The third kappa shape index (κ3) is 6.17. The molecule has 0 saturated carbocycles. The number of aliphatic imine (C=N–C) groups is 1. The lowest BCUT2D eigenvalue weighted by molar-refractivity contribution is -0.129. The van der Waals surface area contributed by atoms with E-state index in [0.717, 1.165) is 30.9 Å². The number of benzene rings is 1. The zero-order valence-corrected chi connectivity index (χ0v) is 18.0. The zero-order chi connectivity index (χ0) is 21.4. The molecule has 0 saturated heterocycles. The van der Waals surface area contributed by atoms with Crippen molar-refractivity contribution < 1.29 is 17.6 Å². The van der Waals surface area contributed by atoms with E-state index in [0.29, 0.717) is 25.9 Å². The van der Waals surface area contributed by atoms with E-state index in [-0.39, 0.29) is 16.9 Å². The van der Waals surface area contributed by atoms with Crippen LogP contribution in [-0.2, 0) is 21.1 Å². The van der Waals surface area contributed by atoms with Crippen molar-refractivity contribution in [3.8, 4) is 0 Å². The summed E-state index contributed by atoms with van der Waals surface area (Å²) in [4.78, 5) is 18.4. The summed E-state index contributed by atoms with van der Waals surface area (Å²) in [7, 11) is -1.67. The molecule has 0 atom stereocenters. The fraction of sp³-hybridized carbons (Fsp3) is 0.429. The molecular weight excluding hydrogens is 404 g/mol. The summed E-state index contributed by atoms with van der Waals surface area (Å²) in [5, 5.41) is 6.07. The molecular formula is C21H28N4O4S. The SMILES string of the molecule is CN(CCc1ccc(C2=NCCN2)cc1)C(=O)CCCNCS(=O)(=O)c1ccco1. The number of nitrogens with one attached hydrogen (secondary N) is 2. The highest BCUT2D eigenvalue weighted by atomic mass is 32.2. The number of sulfone groups is 1. The number of likely N-dealkylation sites (N-methyl/N-ethyl adjacent to an activating group) is 1. The Bertz CT molecular complexity index is 953. The fourth-order valence-corrected chi connectivity index (χ4v) is 4.16. The van der Waals surface area contributed by atoms with Crippen molar-refractivity contribution in [2.75, 3.05) is 39.1 Å². The van der Waals surface area contributed by atoms with Crippen molar-refractivity contribution in [3.05, 3.63) is 53.8 Å². The van der Waals surface area contributed by atoms with Gasteiger partial charge < -0.3 is 20.0 Å². The summed E-state index contributed by atoms with van der Waals surface area (Å²) >= 11 is 0. The molecule has 8 nitrogen and oxygen atoms in total. The Balaban J connectivity index is 1.33. The lowest BCUT2D eigenvalue weighted by Crippen LogP contribution is -2.30. The Hall–Kier alpha value is -2.65. The minimum atomic E-state index is -3.47. The van der Waals surface area contributed by atoms with Gasteiger partial charge in [-0.15, -0.1) is 0 Å². The normalized spacial score (nSPS) is 13.7. The second-order valence-electron chi connectivity index (χ2n) is 7.21. The molecule has 0 spiro atoms. The third-order valence-electron chi connectivity index (χ3n) is 4.90. The molecule has 1 aromatic heterocycles. The summed E-state index contributed by atoms with van der Waals surface area (Å²) in [5.74, 6) is 0.786. The zero-order valence-electron chi connectivity index (χ0n) is 17.1. The minimum absolute atomic E-state index is 0.0480. The molecule has 1 amide bonds. The summed E-state index contributed by atoms with van der Waals surface area (Å²) < 4.78 is 28.9. The van der Waals surface area contributed by atoms with Gasteiger partial charge in [-0.05, 0) is 37.1 Å². The van der Waals surface area contributed by atoms with Gasteiger partial charge in [0.2, 0.25) is 20.8 Å². The van der Waals surface area contributed by atoms with Gasteiger partial charge in [-0.3, -0.25) is 9.79 Å². The number of rotatable bonds is 11. The molecule has 0 fully saturated rings. The monoisotopic (exact) mass is 432 g/mol. The Morgan fingerprint density at radius 1 is 1.27 bits per heavy atom. The van der Waals surface area contributed by atoms with E-state index in [1.165, 1.54) is 24.0 Å². The number of amides is 1. The molecule has 2 N–H and O–H groups in total. The molecule has 0 aliphatic carbocycles. The average molecular weight is 433 g/mol. The topological polar surface area (TPSA) is 104 Å². The van der Waals surface area contributed by atoms with Crippen LogP contribution in [0.3, 0.4) is 0 Å². The first-order chi connectivity index (χ1) is 14.5. The van der Waals surface area contributed by atoms with E-state index in [9.17, 15) is 13.2 Å². The Morgan fingerprint density at radius 2 is 2.07 bits per heavy atom. The number of hydrogen-bond acceptors (Lipinski definition) is 7. The first-order valence-electron chi connectivity index (χ1n) is 10.0. The lowest BCUT2D eigenvalue weighted by Gasteiger charge is -2.17. The standard InChI is InChI=1S/C21H28N4O4S/c1-25(14-10-17-6-8-18(9-7-17)21-23-12-13-24-21)19(26)4-2-11-22-16-30(27,28)20-5-3-15-29-20/h3,5-9,15,22H,2,4,10-14,16H2,1H3,(H,23,24).